The van der Waals surface area contributed by atoms with Gasteiger partial charge in [0.15, 0.2) is 0 Å². The molecule has 0 aliphatic carbocycles. The summed E-state index contributed by atoms with van der Waals surface area (Å²) in [6, 6.07) is 5.84. The number of piperazine rings is 1. The average Bonchev–Trinajstić information content (AvgIpc) is 2.42. The Kier molecular flexibility index (Phi) is 5.92. The van der Waals surface area contributed by atoms with E-state index in [-0.39, 0.29) is 5.91 Å². The summed E-state index contributed by atoms with van der Waals surface area (Å²) < 4.78 is 1.94. The van der Waals surface area contributed by atoms with E-state index in [0.29, 0.717) is 5.88 Å². The molecule has 1 saturated heterocycles. The van der Waals surface area contributed by atoms with Crippen LogP contribution in [0.25, 0.3) is 0 Å². The molecule has 1 aliphatic rings. The molecule has 1 amide bonds. The van der Waals surface area contributed by atoms with Crippen molar-refractivity contribution in [2.45, 2.75) is 0 Å². The summed E-state index contributed by atoms with van der Waals surface area (Å²) in [7, 11) is 0. The Balaban J connectivity index is 2.03. The van der Waals surface area contributed by atoms with Crippen LogP contribution in [0.15, 0.2) is 22.7 Å². The predicted molar refractivity (Wildman–Crippen MR) is 89.9 cm³/mol. The van der Waals surface area contributed by atoms with Gasteiger partial charge in [0.2, 0.25) is 0 Å². The maximum absolute atomic E-state index is 12.5. The molecule has 19 heavy (non-hydrogen) atoms. The van der Waals surface area contributed by atoms with E-state index in [1.54, 1.807) is 0 Å². The molecule has 1 aromatic carbocycles. The zero-order valence-electron chi connectivity index (χ0n) is 10.4. The molecule has 104 valence electrons. The highest BCUT2D eigenvalue weighted by atomic mass is 127. The molecule has 3 nitrogen and oxygen atoms in total. The van der Waals surface area contributed by atoms with Crippen LogP contribution < -0.4 is 0 Å². The summed E-state index contributed by atoms with van der Waals surface area (Å²) in [6.45, 7) is 4.25. The molecule has 1 aromatic rings. The number of hydrogen-bond acceptors (Lipinski definition) is 2. The van der Waals surface area contributed by atoms with Gasteiger partial charge >= 0.3 is 0 Å². The number of halogens is 3. The van der Waals surface area contributed by atoms with Crippen LogP contribution in [0.2, 0.25) is 0 Å². The monoisotopic (exact) mass is 456 g/mol. The summed E-state index contributed by atoms with van der Waals surface area (Å²) in [5.41, 5.74) is 0.748. The molecule has 1 heterocycles. The van der Waals surface area contributed by atoms with Crippen molar-refractivity contribution in [3.8, 4) is 0 Å². The Morgan fingerprint density at radius 1 is 1.32 bits per heavy atom. The standard InChI is InChI=1S/C13H15BrClIN2O/c14-12-2-1-10(16)9-11(12)13(19)18-7-5-17(4-3-15)6-8-18/h1-2,9H,3-8H2. The summed E-state index contributed by atoms with van der Waals surface area (Å²) >= 11 is 11.4. The molecule has 2 rings (SSSR count). The number of carbonyl (C=O) groups is 1. The maximum Gasteiger partial charge on any atom is 0.255 e. The topological polar surface area (TPSA) is 23.6 Å². The van der Waals surface area contributed by atoms with Crippen molar-refractivity contribution in [1.82, 2.24) is 9.80 Å². The first-order valence-corrected chi connectivity index (χ1v) is 8.55. The second-order valence-electron chi connectivity index (χ2n) is 4.45. The summed E-state index contributed by atoms with van der Waals surface area (Å²) in [5, 5.41) is 0. The number of alkyl halides is 1. The van der Waals surface area contributed by atoms with Crippen LogP contribution in [0.4, 0.5) is 0 Å². The van der Waals surface area contributed by atoms with Crippen LogP contribution in [0.3, 0.4) is 0 Å². The molecule has 1 fully saturated rings. The zero-order valence-corrected chi connectivity index (χ0v) is 14.9. The quantitative estimate of drug-likeness (QED) is 0.515. The third-order valence-electron chi connectivity index (χ3n) is 3.22. The lowest BCUT2D eigenvalue weighted by Gasteiger charge is -2.34. The molecule has 0 radical (unpaired) electrons. The zero-order chi connectivity index (χ0) is 13.8. The van der Waals surface area contributed by atoms with Crippen molar-refractivity contribution < 1.29 is 4.79 Å². The van der Waals surface area contributed by atoms with E-state index >= 15 is 0 Å². The third kappa shape index (κ3) is 4.06. The van der Waals surface area contributed by atoms with Crippen LogP contribution in [-0.2, 0) is 0 Å². The normalized spacial score (nSPS) is 16.7. The largest absolute Gasteiger partial charge is 0.336 e. The molecule has 0 N–H and O–H groups in total. The Morgan fingerprint density at radius 2 is 2.00 bits per heavy atom. The molecule has 0 saturated carbocycles. The van der Waals surface area contributed by atoms with Crippen molar-refractivity contribution >= 4 is 56.0 Å². The molecule has 1 aliphatic heterocycles. The van der Waals surface area contributed by atoms with E-state index in [9.17, 15) is 4.79 Å². The lowest BCUT2D eigenvalue weighted by atomic mass is 10.2. The van der Waals surface area contributed by atoms with Crippen molar-refractivity contribution in [2.24, 2.45) is 0 Å². The van der Waals surface area contributed by atoms with E-state index in [1.807, 2.05) is 23.1 Å². The minimum atomic E-state index is 0.107. The van der Waals surface area contributed by atoms with Gasteiger partial charge in [-0.15, -0.1) is 11.6 Å². The predicted octanol–water partition coefficient (Wildman–Crippen LogP) is 3.05. The minimum absolute atomic E-state index is 0.107. The van der Waals surface area contributed by atoms with E-state index in [2.05, 4.69) is 43.4 Å². The van der Waals surface area contributed by atoms with Gasteiger partial charge in [0, 0.05) is 46.6 Å². The average molecular weight is 458 g/mol. The van der Waals surface area contributed by atoms with Gasteiger partial charge in [0.05, 0.1) is 5.56 Å². The minimum Gasteiger partial charge on any atom is -0.336 e. The number of hydrogen-bond donors (Lipinski definition) is 0. The third-order valence-corrected chi connectivity index (χ3v) is 4.75. The van der Waals surface area contributed by atoms with Gasteiger partial charge in [-0.05, 0) is 56.7 Å². The Bertz CT molecular complexity index is 464. The van der Waals surface area contributed by atoms with Gasteiger partial charge in [0.25, 0.3) is 5.91 Å². The Hall–Kier alpha value is 0.150. The molecule has 0 spiro atoms. The fourth-order valence-corrected chi connectivity index (χ4v) is 3.27. The number of benzene rings is 1. The van der Waals surface area contributed by atoms with Crippen LogP contribution in [0, 0.1) is 3.57 Å². The van der Waals surface area contributed by atoms with E-state index in [1.165, 1.54) is 0 Å². The molecule has 0 bridgehead atoms. The first-order valence-electron chi connectivity index (χ1n) is 6.14. The maximum atomic E-state index is 12.5. The second kappa shape index (κ2) is 7.24. The Labute approximate surface area is 140 Å². The van der Waals surface area contributed by atoms with Gasteiger partial charge in [0.1, 0.15) is 0 Å². The van der Waals surface area contributed by atoms with Gasteiger partial charge < -0.3 is 4.90 Å². The number of rotatable bonds is 3. The van der Waals surface area contributed by atoms with Crippen LogP contribution in [0.1, 0.15) is 10.4 Å². The van der Waals surface area contributed by atoms with Gasteiger partial charge in [-0.25, -0.2) is 0 Å². The highest BCUT2D eigenvalue weighted by Crippen LogP contribution is 2.21. The van der Waals surface area contributed by atoms with Gasteiger partial charge in [-0.3, -0.25) is 9.69 Å². The molecule has 0 aromatic heterocycles. The lowest BCUT2D eigenvalue weighted by molar-refractivity contribution is 0.0643. The summed E-state index contributed by atoms with van der Waals surface area (Å²) in [5.74, 6) is 0.757. The molecule has 0 unspecified atom stereocenters. The van der Waals surface area contributed by atoms with Crippen LogP contribution >= 0.6 is 50.1 Å². The summed E-state index contributed by atoms with van der Waals surface area (Å²) in [4.78, 5) is 16.7. The van der Waals surface area contributed by atoms with E-state index in [0.717, 1.165) is 46.3 Å². The van der Waals surface area contributed by atoms with Crippen LogP contribution in [0.5, 0.6) is 0 Å². The van der Waals surface area contributed by atoms with Crippen molar-refractivity contribution in [2.75, 3.05) is 38.6 Å². The van der Waals surface area contributed by atoms with Crippen molar-refractivity contribution in [1.29, 1.82) is 0 Å². The highest BCUT2D eigenvalue weighted by Gasteiger charge is 2.23. The second-order valence-corrected chi connectivity index (χ2v) is 6.92. The molecule has 0 atom stereocenters. The smallest absolute Gasteiger partial charge is 0.255 e. The van der Waals surface area contributed by atoms with Crippen molar-refractivity contribution in [3.05, 3.63) is 31.8 Å². The highest BCUT2D eigenvalue weighted by molar-refractivity contribution is 14.1. The lowest BCUT2D eigenvalue weighted by Crippen LogP contribution is -2.49. The first kappa shape index (κ1) is 15.5. The van der Waals surface area contributed by atoms with E-state index < -0.39 is 0 Å². The molecule has 6 heteroatoms. The number of carbonyl (C=O) groups excluding carboxylic acids is 1. The van der Waals surface area contributed by atoms with Gasteiger partial charge in [-0.2, -0.15) is 0 Å². The fourth-order valence-electron chi connectivity index (χ4n) is 2.13. The van der Waals surface area contributed by atoms with Crippen LogP contribution in [-0.4, -0.2) is 54.3 Å². The molecular weight excluding hydrogens is 442 g/mol. The van der Waals surface area contributed by atoms with Crippen molar-refractivity contribution in [3.63, 3.8) is 0 Å². The number of nitrogens with zero attached hydrogens (tertiary/aromatic N) is 2. The fraction of sp³-hybridized carbons (Fsp3) is 0.462. The summed E-state index contributed by atoms with van der Waals surface area (Å²) in [6.07, 6.45) is 0. The molecular formula is C13H15BrClIN2O. The van der Waals surface area contributed by atoms with E-state index in [4.69, 9.17) is 11.6 Å². The van der Waals surface area contributed by atoms with Gasteiger partial charge in [-0.1, -0.05) is 0 Å². The SMILES string of the molecule is O=C(c1cc(I)ccc1Br)N1CCN(CCCl)CC1. The first-order chi connectivity index (χ1) is 9.11. The Morgan fingerprint density at radius 3 is 2.63 bits per heavy atom. The number of amides is 1.